The standard InChI is InChI=1S/C25H30N4O5/c1-30-20-7-6-18(14-21(20)31-2)28-8-10-29(11-9-28)24-16-26-15-19(27-24)17-12-22(32-3)25(34-5)23(13-17)33-4/h6-7,12-16H,8-11H2,1-5H3. The molecule has 1 fully saturated rings. The van der Waals surface area contributed by atoms with Gasteiger partial charge in [0.15, 0.2) is 23.0 Å². The summed E-state index contributed by atoms with van der Waals surface area (Å²) in [6, 6.07) is 9.77. The average Bonchev–Trinajstić information content (AvgIpc) is 2.91. The second kappa shape index (κ2) is 10.4. The Hall–Kier alpha value is -3.88. The van der Waals surface area contributed by atoms with Gasteiger partial charge in [-0.15, -0.1) is 0 Å². The van der Waals surface area contributed by atoms with Crippen LogP contribution in [-0.2, 0) is 0 Å². The third kappa shape index (κ3) is 4.59. The molecule has 1 aliphatic heterocycles. The van der Waals surface area contributed by atoms with Gasteiger partial charge in [-0.3, -0.25) is 4.98 Å². The van der Waals surface area contributed by atoms with Gasteiger partial charge in [0.25, 0.3) is 0 Å². The Morgan fingerprint density at radius 2 is 1.26 bits per heavy atom. The van der Waals surface area contributed by atoms with E-state index in [1.807, 2.05) is 24.3 Å². The molecule has 1 saturated heterocycles. The lowest BCUT2D eigenvalue weighted by atomic mass is 10.1. The Morgan fingerprint density at radius 1 is 0.647 bits per heavy atom. The molecule has 0 amide bonds. The van der Waals surface area contributed by atoms with Gasteiger partial charge in [0, 0.05) is 43.5 Å². The predicted octanol–water partition coefficient (Wildman–Crippen LogP) is 3.51. The number of anilines is 2. The zero-order chi connectivity index (χ0) is 24.1. The zero-order valence-corrected chi connectivity index (χ0v) is 20.2. The van der Waals surface area contributed by atoms with Crippen molar-refractivity contribution in [3.05, 3.63) is 42.7 Å². The fourth-order valence-corrected chi connectivity index (χ4v) is 4.09. The minimum Gasteiger partial charge on any atom is -0.493 e. The molecule has 9 heteroatoms. The Bertz CT molecular complexity index is 1110. The van der Waals surface area contributed by atoms with Crippen molar-refractivity contribution in [1.82, 2.24) is 9.97 Å². The molecular formula is C25H30N4O5. The van der Waals surface area contributed by atoms with E-state index in [0.29, 0.717) is 17.2 Å². The molecule has 2 aromatic carbocycles. The van der Waals surface area contributed by atoms with Gasteiger partial charge in [-0.2, -0.15) is 0 Å². The number of hydrogen-bond acceptors (Lipinski definition) is 9. The number of methoxy groups -OCH3 is 5. The van der Waals surface area contributed by atoms with Crippen molar-refractivity contribution in [2.75, 3.05) is 71.5 Å². The highest BCUT2D eigenvalue weighted by molar-refractivity contribution is 5.69. The first-order valence-corrected chi connectivity index (χ1v) is 11.0. The Kier molecular flexibility index (Phi) is 7.10. The first-order valence-electron chi connectivity index (χ1n) is 11.0. The van der Waals surface area contributed by atoms with E-state index in [9.17, 15) is 0 Å². The second-order valence-corrected chi connectivity index (χ2v) is 7.69. The maximum atomic E-state index is 5.49. The number of piperazine rings is 1. The van der Waals surface area contributed by atoms with Crippen LogP contribution < -0.4 is 33.5 Å². The van der Waals surface area contributed by atoms with Gasteiger partial charge < -0.3 is 33.5 Å². The molecule has 34 heavy (non-hydrogen) atoms. The summed E-state index contributed by atoms with van der Waals surface area (Å²) in [6.07, 6.45) is 3.54. The summed E-state index contributed by atoms with van der Waals surface area (Å²) in [5.74, 6) is 3.98. The van der Waals surface area contributed by atoms with Crippen LogP contribution in [0.5, 0.6) is 28.7 Å². The number of benzene rings is 2. The van der Waals surface area contributed by atoms with E-state index in [0.717, 1.165) is 60.4 Å². The van der Waals surface area contributed by atoms with Crippen LogP contribution in [0.25, 0.3) is 11.3 Å². The van der Waals surface area contributed by atoms with Crippen molar-refractivity contribution < 1.29 is 23.7 Å². The van der Waals surface area contributed by atoms with Gasteiger partial charge >= 0.3 is 0 Å². The molecule has 0 aliphatic carbocycles. The van der Waals surface area contributed by atoms with Gasteiger partial charge in [-0.05, 0) is 24.3 Å². The lowest BCUT2D eigenvalue weighted by Crippen LogP contribution is -2.46. The summed E-state index contributed by atoms with van der Waals surface area (Å²) in [6.45, 7) is 3.35. The molecule has 0 bridgehead atoms. The number of rotatable bonds is 8. The summed E-state index contributed by atoms with van der Waals surface area (Å²) in [5.41, 5.74) is 2.68. The SMILES string of the molecule is COc1ccc(N2CCN(c3cncc(-c4cc(OC)c(OC)c(OC)c4)n3)CC2)cc1OC. The molecule has 0 N–H and O–H groups in total. The highest BCUT2D eigenvalue weighted by Gasteiger charge is 2.21. The first kappa shape index (κ1) is 23.3. The van der Waals surface area contributed by atoms with E-state index in [2.05, 4.69) is 20.9 Å². The molecule has 0 spiro atoms. The molecule has 0 unspecified atom stereocenters. The van der Waals surface area contributed by atoms with Gasteiger partial charge in [0.2, 0.25) is 5.75 Å². The van der Waals surface area contributed by atoms with Gasteiger partial charge in [0.1, 0.15) is 5.82 Å². The van der Waals surface area contributed by atoms with Crippen molar-refractivity contribution in [1.29, 1.82) is 0 Å². The fraction of sp³-hybridized carbons (Fsp3) is 0.360. The second-order valence-electron chi connectivity index (χ2n) is 7.69. The van der Waals surface area contributed by atoms with Crippen LogP contribution in [0.4, 0.5) is 11.5 Å². The topological polar surface area (TPSA) is 78.4 Å². The van der Waals surface area contributed by atoms with Crippen LogP contribution in [0.2, 0.25) is 0 Å². The van der Waals surface area contributed by atoms with E-state index in [4.69, 9.17) is 28.7 Å². The first-order chi connectivity index (χ1) is 16.6. The van der Waals surface area contributed by atoms with Gasteiger partial charge in [-0.1, -0.05) is 0 Å². The quantitative estimate of drug-likeness (QED) is 0.495. The summed E-state index contributed by atoms with van der Waals surface area (Å²) >= 11 is 0. The monoisotopic (exact) mass is 466 g/mol. The van der Waals surface area contributed by atoms with E-state index in [1.54, 1.807) is 47.9 Å². The molecule has 4 rings (SSSR count). The lowest BCUT2D eigenvalue weighted by molar-refractivity contribution is 0.324. The molecule has 0 radical (unpaired) electrons. The van der Waals surface area contributed by atoms with Crippen molar-refractivity contribution in [3.8, 4) is 40.0 Å². The molecular weight excluding hydrogens is 436 g/mol. The minimum absolute atomic E-state index is 0.546. The van der Waals surface area contributed by atoms with Crippen LogP contribution in [-0.4, -0.2) is 71.7 Å². The summed E-state index contributed by atoms with van der Waals surface area (Å²) in [4.78, 5) is 13.9. The van der Waals surface area contributed by atoms with E-state index in [-0.39, 0.29) is 0 Å². The summed E-state index contributed by atoms with van der Waals surface area (Å²) in [7, 11) is 8.08. The third-order valence-electron chi connectivity index (χ3n) is 5.92. The fourth-order valence-electron chi connectivity index (χ4n) is 4.09. The molecule has 0 atom stereocenters. The van der Waals surface area contributed by atoms with Crippen molar-refractivity contribution in [3.63, 3.8) is 0 Å². The highest BCUT2D eigenvalue weighted by atomic mass is 16.5. The van der Waals surface area contributed by atoms with Crippen LogP contribution in [0, 0.1) is 0 Å². The molecule has 2 heterocycles. The van der Waals surface area contributed by atoms with Crippen LogP contribution in [0.15, 0.2) is 42.7 Å². The molecule has 9 nitrogen and oxygen atoms in total. The van der Waals surface area contributed by atoms with Crippen molar-refractivity contribution in [2.24, 2.45) is 0 Å². The number of nitrogens with zero attached hydrogens (tertiary/aromatic N) is 4. The third-order valence-corrected chi connectivity index (χ3v) is 5.92. The normalized spacial score (nSPS) is 13.4. The molecule has 3 aromatic rings. The van der Waals surface area contributed by atoms with E-state index >= 15 is 0 Å². The molecule has 1 aromatic heterocycles. The number of ether oxygens (including phenoxy) is 5. The predicted molar refractivity (Wildman–Crippen MR) is 131 cm³/mol. The number of aromatic nitrogens is 2. The van der Waals surface area contributed by atoms with Crippen LogP contribution in [0.1, 0.15) is 0 Å². The zero-order valence-electron chi connectivity index (χ0n) is 20.2. The molecule has 0 saturated carbocycles. The molecule has 1 aliphatic rings. The van der Waals surface area contributed by atoms with E-state index in [1.165, 1.54) is 0 Å². The van der Waals surface area contributed by atoms with Gasteiger partial charge in [0.05, 0.1) is 53.6 Å². The van der Waals surface area contributed by atoms with E-state index < -0.39 is 0 Å². The summed E-state index contributed by atoms with van der Waals surface area (Å²) < 4.78 is 27.2. The van der Waals surface area contributed by atoms with Gasteiger partial charge in [-0.25, -0.2) is 4.98 Å². The Morgan fingerprint density at radius 3 is 1.85 bits per heavy atom. The lowest BCUT2D eigenvalue weighted by Gasteiger charge is -2.36. The van der Waals surface area contributed by atoms with Crippen molar-refractivity contribution >= 4 is 11.5 Å². The maximum Gasteiger partial charge on any atom is 0.203 e. The largest absolute Gasteiger partial charge is 0.493 e. The Labute approximate surface area is 199 Å². The summed E-state index contributed by atoms with van der Waals surface area (Å²) in [5, 5.41) is 0. The van der Waals surface area contributed by atoms with Crippen molar-refractivity contribution in [2.45, 2.75) is 0 Å². The highest BCUT2D eigenvalue weighted by Crippen LogP contribution is 2.41. The number of hydrogen-bond donors (Lipinski definition) is 0. The average molecular weight is 467 g/mol. The van der Waals surface area contributed by atoms with Crippen LogP contribution in [0.3, 0.4) is 0 Å². The smallest absolute Gasteiger partial charge is 0.203 e. The molecule has 180 valence electrons. The maximum absolute atomic E-state index is 5.49. The van der Waals surface area contributed by atoms with Crippen LogP contribution >= 0.6 is 0 Å². The Balaban J connectivity index is 1.52. The minimum atomic E-state index is 0.546.